The van der Waals surface area contributed by atoms with Crippen LogP contribution in [0.5, 0.6) is 0 Å². The molecule has 1 saturated heterocycles. The summed E-state index contributed by atoms with van der Waals surface area (Å²) in [6.45, 7) is 1.20. The van der Waals surface area contributed by atoms with Crippen LogP contribution in [0.3, 0.4) is 0 Å². The molecule has 0 radical (unpaired) electrons. The van der Waals surface area contributed by atoms with Crippen LogP contribution in [0.15, 0.2) is 34.3 Å². The normalized spacial score (nSPS) is 19.4. The van der Waals surface area contributed by atoms with Crippen molar-refractivity contribution in [3.63, 3.8) is 0 Å². The third kappa shape index (κ3) is 5.26. The van der Waals surface area contributed by atoms with Gasteiger partial charge >= 0.3 is 0 Å². The van der Waals surface area contributed by atoms with Gasteiger partial charge in [0.1, 0.15) is 6.61 Å². The van der Waals surface area contributed by atoms with Crippen LogP contribution in [0.4, 0.5) is 5.13 Å². The van der Waals surface area contributed by atoms with Gasteiger partial charge in [0.15, 0.2) is 27.5 Å². The third-order valence-electron chi connectivity index (χ3n) is 4.78. The molecule has 2 heterocycles. The largest absolute Gasteiger partial charge is 0.389 e. The molecule has 2 fully saturated rings. The number of rotatable bonds is 9. The Bertz CT molecular complexity index is 1060. The number of carbonyl (C=O) groups excluding carboxylic acids is 1. The average molecular weight is 467 g/mol. The maximum absolute atomic E-state index is 12.9. The summed E-state index contributed by atoms with van der Waals surface area (Å²) in [5, 5.41) is 6.71. The Morgan fingerprint density at radius 2 is 2.06 bits per heavy atom. The number of nitrogens with one attached hydrogen (secondary N) is 1. The van der Waals surface area contributed by atoms with Crippen molar-refractivity contribution in [1.82, 2.24) is 9.36 Å². The number of oxime groups is 1. The van der Waals surface area contributed by atoms with E-state index in [9.17, 15) is 13.2 Å². The van der Waals surface area contributed by atoms with Gasteiger partial charge in [-0.05, 0) is 25.0 Å². The summed E-state index contributed by atoms with van der Waals surface area (Å²) in [5.41, 5.74) is 0.429. The van der Waals surface area contributed by atoms with Gasteiger partial charge in [-0.2, -0.15) is 4.37 Å². The Hall–Kier alpha value is -2.41. The van der Waals surface area contributed by atoms with E-state index in [-0.39, 0.29) is 28.6 Å². The number of carbonyl (C=O) groups is 1. The smallest absolute Gasteiger partial charge is 0.280 e. The number of benzene rings is 1. The second-order valence-electron chi connectivity index (χ2n) is 7.20. The molecule has 10 nitrogen and oxygen atoms in total. The summed E-state index contributed by atoms with van der Waals surface area (Å²) in [6, 6.07) is 6.09. The Balaban J connectivity index is 1.55. The first kappa shape index (κ1) is 21.8. The first-order valence-electron chi connectivity index (χ1n) is 9.76. The summed E-state index contributed by atoms with van der Waals surface area (Å²) in [7, 11) is -1.79. The van der Waals surface area contributed by atoms with E-state index in [4.69, 9.17) is 14.3 Å². The SMILES string of the molecule is COCc1nsc(NC(=O)C(=NO[C@@H]2CCOC2)c2ccc(S(=O)(=O)C3CC3)cc2)n1. The van der Waals surface area contributed by atoms with E-state index < -0.39 is 15.7 Å². The van der Waals surface area contributed by atoms with Crippen molar-refractivity contribution in [3.8, 4) is 0 Å². The lowest BCUT2D eigenvalue weighted by molar-refractivity contribution is -0.110. The van der Waals surface area contributed by atoms with E-state index in [1.54, 1.807) is 12.1 Å². The summed E-state index contributed by atoms with van der Waals surface area (Å²) in [6.07, 6.45) is 1.80. The zero-order valence-electron chi connectivity index (χ0n) is 16.8. The highest BCUT2D eigenvalue weighted by atomic mass is 32.2. The third-order valence-corrected chi connectivity index (χ3v) is 7.72. The fourth-order valence-electron chi connectivity index (χ4n) is 2.97. The number of amides is 1. The molecule has 1 aliphatic carbocycles. The van der Waals surface area contributed by atoms with E-state index in [1.807, 2.05) is 0 Å². The molecule has 1 N–H and O–H groups in total. The molecular weight excluding hydrogens is 444 g/mol. The number of aromatic nitrogens is 2. The zero-order valence-corrected chi connectivity index (χ0v) is 18.4. The summed E-state index contributed by atoms with van der Waals surface area (Å²) >= 11 is 1.02. The number of methoxy groups -OCH3 is 1. The van der Waals surface area contributed by atoms with Crippen molar-refractivity contribution in [2.45, 2.75) is 42.1 Å². The number of nitrogens with zero attached hydrogens (tertiary/aromatic N) is 3. The molecule has 2 aliphatic rings. The molecule has 1 aromatic carbocycles. The van der Waals surface area contributed by atoms with Crippen LogP contribution in [-0.4, -0.2) is 61.1 Å². The average Bonchev–Trinajstić information content (AvgIpc) is 3.34. The lowest BCUT2D eigenvalue weighted by Gasteiger charge is -2.10. The van der Waals surface area contributed by atoms with Crippen LogP contribution in [0.2, 0.25) is 0 Å². The van der Waals surface area contributed by atoms with Crippen molar-refractivity contribution < 1.29 is 27.5 Å². The molecule has 166 valence electrons. The topological polar surface area (TPSA) is 129 Å². The van der Waals surface area contributed by atoms with Crippen LogP contribution < -0.4 is 5.32 Å². The minimum atomic E-state index is -3.32. The first-order chi connectivity index (χ1) is 15.0. The number of anilines is 1. The Morgan fingerprint density at radius 3 is 2.71 bits per heavy atom. The number of hydrogen-bond acceptors (Lipinski definition) is 10. The minimum Gasteiger partial charge on any atom is -0.389 e. The molecule has 0 bridgehead atoms. The monoisotopic (exact) mass is 466 g/mol. The molecule has 1 aliphatic heterocycles. The molecule has 1 saturated carbocycles. The lowest BCUT2D eigenvalue weighted by atomic mass is 10.1. The maximum Gasteiger partial charge on any atom is 0.280 e. The number of hydrogen-bond donors (Lipinski definition) is 1. The molecule has 4 rings (SSSR count). The Labute approximate surface area is 183 Å². The standard InChI is InChI=1S/C19H22N4O6S2/c1-27-11-16-20-19(30-23-16)21-18(24)17(22-29-13-8-9-28-10-13)12-2-4-14(5-3-12)31(25,26)15-6-7-15/h2-5,13,15H,6-11H2,1H3,(H,20,21,23,24)/t13-/m1/s1. The first-order valence-corrected chi connectivity index (χ1v) is 12.1. The zero-order chi connectivity index (χ0) is 21.8. The van der Waals surface area contributed by atoms with E-state index in [2.05, 4.69) is 19.8 Å². The molecule has 2 aromatic rings. The molecule has 1 atom stereocenters. The van der Waals surface area contributed by atoms with Gasteiger partial charge < -0.3 is 14.3 Å². The predicted octanol–water partition coefficient (Wildman–Crippen LogP) is 1.77. The predicted molar refractivity (Wildman–Crippen MR) is 113 cm³/mol. The van der Waals surface area contributed by atoms with Crippen molar-refractivity contribution >= 4 is 38.1 Å². The van der Waals surface area contributed by atoms with Crippen LogP contribution >= 0.6 is 11.5 Å². The van der Waals surface area contributed by atoms with Crippen molar-refractivity contribution in [2.24, 2.45) is 5.16 Å². The van der Waals surface area contributed by atoms with Crippen LogP contribution in [-0.2, 0) is 35.5 Å². The van der Waals surface area contributed by atoms with Gasteiger partial charge in [0, 0.05) is 30.6 Å². The van der Waals surface area contributed by atoms with Gasteiger partial charge in [-0.3, -0.25) is 10.1 Å². The van der Waals surface area contributed by atoms with E-state index in [1.165, 1.54) is 19.2 Å². The second kappa shape index (κ2) is 9.39. The maximum atomic E-state index is 12.9. The number of ether oxygens (including phenoxy) is 2. The second-order valence-corrected chi connectivity index (χ2v) is 10.2. The summed E-state index contributed by atoms with van der Waals surface area (Å²) in [4.78, 5) is 22.8. The highest BCUT2D eigenvalue weighted by Gasteiger charge is 2.36. The van der Waals surface area contributed by atoms with Crippen LogP contribution in [0, 0.1) is 0 Å². The minimum absolute atomic E-state index is 0.00533. The molecule has 0 spiro atoms. The molecule has 12 heteroatoms. The van der Waals surface area contributed by atoms with Crippen molar-refractivity contribution in [3.05, 3.63) is 35.7 Å². The van der Waals surface area contributed by atoms with Gasteiger partial charge in [-0.25, -0.2) is 13.4 Å². The molecule has 1 aromatic heterocycles. The molecule has 31 heavy (non-hydrogen) atoms. The molecule has 0 unspecified atom stereocenters. The highest BCUT2D eigenvalue weighted by molar-refractivity contribution is 7.92. The van der Waals surface area contributed by atoms with Gasteiger partial charge in [0.2, 0.25) is 5.13 Å². The van der Waals surface area contributed by atoms with Gasteiger partial charge in [-0.15, -0.1) is 0 Å². The fraction of sp³-hybridized carbons (Fsp3) is 0.474. The number of sulfone groups is 1. The fourth-order valence-corrected chi connectivity index (χ4v) is 5.20. The van der Waals surface area contributed by atoms with E-state index in [0.717, 1.165) is 11.5 Å². The van der Waals surface area contributed by atoms with Crippen LogP contribution in [0.25, 0.3) is 0 Å². The Kier molecular flexibility index (Phi) is 6.60. The van der Waals surface area contributed by atoms with Gasteiger partial charge in [-0.1, -0.05) is 17.3 Å². The summed E-state index contributed by atoms with van der Waals surface area (Å²) in [5.74, 6) is -0.0906. The Morgan fingerprint density at radius 1 is 1.29 bits per heavy atom. The van der Waals surface area contributed by atoms with Crippen molar-refractivity contribution in [2.75, 3.05) is 25.6 Å². The lowest BCUT2D eigenvalue weighted by Crippen LogP contribution is -2.25. The molecule has 1 amide bonds. The van der Waals surface area contributed by atoms with Gasteiger partial charge in [0.05, 0.1) is 23.4 Å². The summed E-state index contributed by atoms with van der Waals surface area (Å²) < 4.78 is 39.2. The van der Waals surface area contributed by atoms with Crippen LogP contribution in [0.1, 0.15) is 30.7 Å². The van der Waals surface area contributed by atoms with Crippen molar-refractivity contribution in [1.29, 1.82) is 0 Å². The molecular formula is C19H22N4O6S2. The van der Waals surface area contributed by atoms with E-state index >= 15 is 0 Å². The quantitative estimate of drug-likeness (QED) is 0.437. The highest BCUT2D eigenvalue weighted by Crippen LogP contribution is 2.33. The van der Waals surface area contributed by atoms with Gasteiger partial charge in [0.25, 0.3) is 5.91 Å². The van der Waals surface area contributed by atoms with E-state index in [0.29, 0.717) is 49.0 Å².